The smallest absolute Gasteiger partial charge is 0.343 e. The van der Waals surface area contributed by atoms with Gasteiger partial charge in [0, 0.05) is 6.54 Å². The van der Waals surface area contributed by atoms with Gasteiger partial charge in [-0.2, -0.15) is 0 Å². The van der Waals surface area contributed by atoms with Crippen molar-refractivity contribution < 1.29 is 14.3 Å². The summed E-state index contributed by atoms with van der Waals surface area (Å²) in [4.78, 5) is 23.3. The Balaban J connectivity index is 2.22. The van der Waals surface area contributed by atoms with Crippen LogP contribution in [0.15, 0.2) is 0 Å². The molecular weight excluding hydrogens is 278 g/mol. The molecule has 1 amide bonds. The number of carbonyl (C=O) groups is 2. The lowest BCUT2D eigenvalue weighted by molar-refractivity contribution is 0.0603. The summed E-state index contributed by atoms with van der Waals surface area (Å²) in [5.74, 6) is -0.590. The van der Waals surface area contributed by atoms with Gasteiger partial charge in [-0.25, -0.2) is 4.79 Å². The highest BCUT2D eigenvalue weighted by Gasteiger charge is 2.25. The fraction of sp³-hybridized carbons (Fsp3) is 0.538. The standard InChI is InChI=1S/C13H19N3O3S/c1-19-13(18)8-9(14)10(11(15)17)20-12(8)16-6-7-4-2-3-5-7/h7,16H,2-6,14H2,1H3,(H2,15,17). The largest absolute Gasteiger partial charge is 0.465 e. The van der Waals surface area contributed by atoms with Crippen molar-refractivity contribution in [2.24, 2.45) is 11.7 Å². The van der Waals surface area contributed by atoms with Gasteiger partial charge in [0.15, 0.2) is 0 Å². The van der Waals surface area contributed by atoms with Crippen LogP contribution in [0.25, 0.3) is 0 Å². The Labute approximate surface area is 121 Å². The van der Waals surface area contributed by atoms with E-state index in [0.717, 1.165) is 17.9 Å². The summed E-state index contributed by atoms with van der Waals surface area (Å²) < 4.78 is 4.72. The van der Waals surface area contributed by atoms with Gasteiger partial charge in [-0.15, -0.1) is 11.3 Å². The first-order chi connectivity index (χ1) is 9.54. The SMILES string of the molecule is COC(=O)c1c(NCC2CCCC2)sc(C(N)=O)c1N. The molecule has 2 rings (SSSR count). The maximum Gasteiger partial charge on any atom is 0.343 e. The van der Waals surface area contributed by atoms with Crippen molar-refractivity contribution in [3.05, 3.63) is 10.4 Å². The molecule has 5 N–H and O–H groups in total. The van der Waals surface area contributed by atoms with Gasteiger partial charge in [0.1, 0.15) is 15.4 Å². The van der Waals surface area contributed by atoms with E-state index < -0.39 is 11.9 Å². The Morgan fingerprint density at radius 2 is 2.05 bits per heavy atom. The van der Waals surface area contributed by atoms with Crippen molar-refractivity contribution in [3.8, 4) is 0 Å². The molecular formula is C13H19N3O3S. The summed E-state index contributed by atoms with van der Waals surface area (Å²) in [6.07, 6.45) is 4.86. The van der Waals surface area contributed by atoms with Gasteiger partial charge >= 0.3 is 5.97 Å². The number of amides is 1. The lowest BCUT2D eigenvalue weighted by Gasteiger charge is -2.11. The predicted octanol–water partition coefficient (Wildman–Crippen LogP) is 1.82. The number of esters is 1. The van der Waals surface area contributed by atoms with Crippen LogP contribution in [0.5, 0.6) is 0 Å². The number of methoxy groups -OCH3 is 1. The second kappa shape index (κ2) is 6.13. The third kappa shape index (κ3) is 2.87. The second-order valence-corrected chi connectivity index (χ2v) is 5.96. The Hall–Kier alpha value is -1.76. The average molecular weight is 297 g/mol. The first kappa shape index (κ1) is 14.6. The lowest BCUT2D eigenvalue weighted by atomic mass is 10.1. The van der Waals surface area contributed by atoms with E-state index in [1.54, 1.807) is 0 Å². The summed E-state index contributed by atoms with van der Waals surface area (Å²) in [7, 11) is 1.28. The average Bonchev–Trinajstić information content (AvgIpc) is 3.03. The highest BCUT2D eigenvalue weighted by atomic mass is 32.1. The summed E-state index contributed by atoms with van der Waals surface area (Å²) in [6, 6.07) is 0. The van der Waals surface area contributed by atoms with Gasteiger partial charge in [-0.05, 0) is 18.8 Å². The monoisotopic (exact) mass is 297 g/mol. The summed E-state index contributed by atoms with van der Waals surface area (Å²) in [5.41, 5.74) is 11.4. The van der Waals surface area contributed by atoms with Crippen LogP contribution in [0.2, 0.25) is 0 Å². The molecule has 0 unspecified atom stereocenters. The van der Waals surface area contributed by atoms with Crippen molar-refractivity contribution in [2.75, 3.05) is 24.7 Å². The van der Waals surface area contributed by atoms with E-state index >= 15 is 0 Å². The third-order valence-corrected chi connectivity index (χ3v) is 4.76. The molecule has 1 heterocycles. The molecule has 6 nitrogen and oxygen atoms in total. The number of rotatable bonds is 5. The van der Waals surface area contributed by atoms with Crippen molar-refractivity contribution in [1.29, 1.82) is 0 Å². The molecule has 0 saturated heterocycles. The molecule has 0 bridgehead atoms. The molecule has 7 heteroatoms. The molecule has 0 spiro atoms. The van der Waals surface area contributed by atoms with Gasteiger partial charge < -0.3 is 21.5 Å². The van der Waals surface area contributed by atoms with Gasteiger partial charge in [0.25, 0.3) is 5.91 Å². The molecule has 0 aliphatic heterocycles. The number of anilines is 2. The number of hydrogen-bond acceptors (Lipinski definition) is 6. The molecule has 1 aliphatic carbocycles. The van der Waals surface area contributed by atoms with Crippen LogP contribution in [0, 0.1) is 5.92 Å². The number of hydrogen-bond donors (Lipinski definition) is 3. The molecule has 1 aromatic rings. The van der Waals surface area contributed by atoms with Crippen molar-refractivity contribution in [1.82, 2.24) is 0 Å². The molecule has 0 aromatic carbocycles. The Morgan fingerprint density at radius 3 is 2.60 bits per heavy atom. The Morgan fingerprint density at radius 1 is 1.40 bits per heavy atom. The number of ether oxygens (including phenoxy) is 1. The van der Waals surface area contributed by atoms with Crippen LogP contribution in [-0.2, 0) is 4.74 Å². The zero-order valence-corrected chi connectivity index (χ0v) is 12.2. The highest BCUT2D eigenvalue weighted by Crippen LogP contribution is 2.36. The van der Waals surface area contributed by atoms with Crippen LogP contribution in [0.1, 0.15) is 45.7 Å². The van der Waals surface area contributed by atoms with Crippen LogP contribution >= 0.6 is 11.3 Å². The molecule has 0 atom stereocenters. The minimum atomic E-state index is -0.633. The van der Waals surface area contributed by atoms with Gasteiger partial charge in [-0.1, -0.05) is 12.8 Å². The first-order valence-corrected chi connectivity index (χ1v) is 7.40. The highest BCUT2D eigenvalue weighted by molar-refractivity contribution is 7.19. The van der Waals surface area contributed by atoms with E-state index in [9.17, 15) is 9.59 Å². The number of nitrogens with one attached hydrogen (secondary N) is 1. The van der Waals surface area contributed by atoms with Gasteiger partial charge in [0.05, 0.1) is 12.8 Å². The maximum atomic E-state index is 11.8. The molecule has 1 saturated carbocycles. The minimum absolute atomic E-state index is 0.100. The van der Waals surface area contributed by atoms with Crippen molar-refractivity contribution >= 4 is 33.9 Å². The molecule has 110 valence electrons. The minimum Gasteiger partial charge on any atom is -0.465 e. The number of carbonyl (C=O) groups excluding carboxylic acids is 2. The molecule has 20 heavy (non-hydrogen) atoms. The van der Waals surface area contributed by atoms with E-state index in [0.29, 0.717) is 10.9 Å². The zero-order chi connectivity index (χ0) is 14.7. The maximum absolute atomic E-state index is 11.8. The van der Waals surface area contributed by atoms with Crippen LogP contribution in [-0.4, -0.2) is 25.5 Å². The summed E-state index contributed by atoms with van der Waals surface area (Å²) >= 11 is 1.11. The number of primary amides is 1. The predicted molar refractivity (Wildman–Crippen MR) is 79.0 cm³/mol. The molecule has 1 aliphatic rings. The third-order valence-electron chi connectivity index (χ3n) is 3.58. The van der Waals surface area contributed by atoms with Crippen molar-refractivity contribution in [3.63, 3.8) is 0 Å². The topological polar surface area (TPSA) is 107 Å². The Bertz CT molecular complexity index is 521. The zero-order valence-electron chi connectivity index (χ0n) is 11.4. The van der Waals surface area contributed by atoms with Gasteiger partial charge in [0.2, 0.25) is 0 Å². The van der Waals surface area contributed by atoms with E-state index in [4.69, 9.17) is 16.2 Å². The van der Waals surface area contributed by atoms with E-state index in [2.05, 4.69) is 5.32 Å². The first-order valence-electron chi connectivity index (χ1n) is 6.58. The molecule has 1 aromatic heterocycles. The Kier molecular flexibility index (Phi) is 4.49. The lowest BCUT2D eigenvalue weighted by Crippen LogP contribution is -2.14. The normalized spacial score (nSPS) is 15.2. The van der Waals surface area contributed by atoms with Crippen LogP contribution in [0.3, 0.4) is 0 Å². The summed E-state index contributed by atoms with van der Waals surface area (Å²) in [5, 5.41) is 3.78. The molecule has 0 radical (unpaired) electrons. The second-order valence-electron chi connectivity index (χ2n) is 4.94. The number of thiophene rings is 1. The van der Waals surface area contributed by atoms with Gasteiger partial charge in [-0.3, -0.25) is 4.79 Å². The van der Waals surface area contributed by atoms with E-state index in [1.165, 1.54) is 32.8 Å². The summed E-state index contributed by atoms with van der Waals surface area (Å²) in [6.45, 7) is 0.766. The van der Waals surface area contributed by atoms with E-state index in [1.807, 2.05) is 0 Å². The number of nitrogen functional groups attached to an aromatic ring is 1. The quantitative estimate of drug-likeness (QED) is 0.718. The van der Waals surface area contributed by atoms with E-state index in [-0.39, 0.29) is 16.1 Å². The van der Waals surface area contributed by atoms with Crippen LogP contribution in [0.4, 0.5) is 10.7 Å². The molecule has 1 fully saturated rings. The van der Waals surface area contributed by atoms with Crippen molar-refractivity contribution in [2.45, 2.75) is 25.7 Å². The van der Waals surface area contributed by atoms with Crippen LogP contribution < -0.4 is 16.8 Å². The fourth-order valence-corrected chi connectivity index (χ4v) is 3.48. The fourth-order valence-electron chi connectivity index (χ4n) is 2.51. The number of nitrogens with two attached hydrogens (primary N) is 2.